The summed E-state index contributed by atoms with van der Waals surface area (Å²) in [7, 11) is 0. The van der Waals surface area contributed by atoms with E-state index < -0.39 is 0 Å². The van der Waals surface area contributed by atoms with Crippen molar-refractivity contribution in [3.05, 3.63) is 82.1 Å². The van der Waals surface area contributed by atoms with Crippen LogP contribution >= 0.6 is 46.6 Å². The smallest absolute Gasteiger partial charge is 0.234 e. The van der Waals surface area contributed by atoms with Crippen LogP contribution in [0.1, 0.15) is 0 Å². The molecule has 2 heterocycles. The summed E-state index contributed by atoms with van der Waals surface area (Å²) < 4.78 is 1.90. The van der Waals surface area contributed by atoms with Crippen LogP contribution in [0.2, 0.25) is 15.1 Å². The van der Waals surface area contributed by atoms with Crippen molar-refractivity contribution in [1.82, 2.24) is 19.7 Å². The molecule has 1 amide bonds. The van der Waals surface area contributed by atoms with E-state index in [1.165, 1.54) is 23.9 Å². The van der Waals surface area contributed by atoms with Crippen molar-refractivity contribution in [2.75, 3.05) is 11.1 Å². The van der Waals surface area contributed by atoms with Crippen LogP contribution in [-0.2, 0) is 4.79 Å². The maximum atomic E-state index is 12.5. The van der Waals surface area contributed by atoms with E-state index in [2.05, 4.69) is 20.5 Å². The molecule has 2 aromatic carbocycles. The molecule has 4 rings (SSSR count). The molecular formula is C21H14Cl3N5OS. The van der Waals surface area contributed by atoms with Gasteiger partial charge in [-0.3, -0.25) is 14.3 Å². The van der Waals surface area contributed by atoms with Crippen molar-refractivity contribution in [1.29, 1.82) is 0 Å². The van der Waals surface area contributed by atoms with Gasteiger partial charge in [0.1, 0.15) is 0 Å². The first-order valence-corrected chi connectivity index (χ1v) is 11.1. The summed E-state index contributed by atoms with van der Waals surface area (Å²) in [6, 6.07) is 16.4. The number of nitrogens with zero attached hydrogens (tertiary/aromatic N) is 4. The molecule has 2 aromatic heterocycles. The number of para-hydroxylation sites is 1. The highest BCUT2D eigenvalue weighted by Crippen LogP contribution is 2.33. The third-order valence-electron chi connectivity index (χ3n) is 4.20. The number of hydrogen-bond acceptors (Lipinski definition) is 5. The van der Waals surface area contributed by atoms with Gasteiger partial charge in [-0.2, -0.15) is 0 Å². The maximum Gasteiger partial charge on any atom is 0.234 e. The zero-order chi connectivity index (χ0) is 21.8. The van der Waals surface area contributed by atoms with Gasteiger partial charge in [-0.25, -0.2) is 0 Å². The van der Waals surface area contributed by atoms with Crippen LogP contribution in [0.4, 0.5) is 5.69 Å². The highest BCUT2D eigenvalue weighted by atomic mass is 35.5. The second-order valence-electron chi connectivity index (χ2n) is 6.30. The lowest BCUT2D eigenvalue weighted by Gasteiger charge is -2.11. The molecule has 0 spiro atoms. The summed E-state index contributed by atoms with van der Waals surface area (Å²) in [6.45, 7) is 0. The highest BCUT2D eigenvalue weighted by molar-refractivity contribution is 7.99. The molecule has 6 nitrogen and oxygen atoms in total. The maximum absolute atomic E-state index is 12.5. The zero-order valence-corrected chi connectivity index (χ0v) is 18.9. The van der Waals surface area contributed by atoms with Crippen molar-refractivity contribution in [3.8, 4) is 17.1 Å². The number of rotatable bonds is 6. The fourth-order valence-corrected chi connectivity index (χ4v) is 4.14. The molecule has 0 aliphatic carbocycles. The normalized spacial score (nSPS) is 10.8. The molecule has 10 heteroatoms. The lowest BCUT2D eigenvalue weighted by Crippen LogP contribution is -2.15. The van der Waals surface area contributed by atoms with E-state index in [4.69, 9.17) is 34.8 Å². The molecule has 0 unspecified atom stereocenters. The van der Waals surface area contributed by atoms with Gasteiger partial charge in [0.05, 0.1) is 26.5 Å². The molecule has 0 radical (unpaired) electrons. The number of pyridine rings is 1. The zero-order valence-electron chi connectivity index (χ0n) is 15.8. The second kappa shape index (κ2) is 9.70. The largest absolute Gasteiger partial charge is 0.324 e. The molecule has 0 saturated heterocycles. The van der Waals surface area contributed by atoms with Gasteiger partial charge in [0.2, 0.25) is 5.91 Å². The molecule has 0 aliphatic rings. The number of carbonyl (C=O) groups excluding carboxylic acids is 1. The van der Waals surface area contributed by atoms with Crippen LogP contribution < -0.4 is 5.32 Å². The predicted molar refractivity (Wildman–Crippen MR) is 125 cm³/mol. The van der Waals surface area contributed by atoms with E-state index >= 15 is 0 Å². The fraction of sp³-hybridized carbons (Fsp3) is 0.0476. The number of carbonyl (C=O) groups is 1. The Morgan fingerprint density at radius 1 is 0.935 bits per heavy atom. The van der Waals surface area contributed by atoms with Crippen LogP contribution in [0.15, 0.2) is 72.1 Å². The Kier molecular flexibility index (Phi) is 6.77. The van der Waals surface area contributed by atoms with Crippen molar-refractivity contribution in [2.45, 2.75) is 5.16 Å². The lowest BCUT2D eigenvalue weighted by molar-refractivity contribution is -0.113. The van der Waals surface area contributed by atoms with Crippen LogP contribution in [0, 0.1) is 0 Å². The molecule has 0 fully saturated rings. The third-order valence-corrected chi connectivity index (χ3v) is 6.17. The minimum atomic E-state index is -0.265. The van der Waals surface area contributed by atoms with E-state index in [9.17, 15) is 4.79 Å². The Bertz CT molecular complexity index is 1220. The van der Waals surface area contributed by atoms with Gasteiger partial charge in [0.25, 0.3) is 0 Å². The van der Waals surface area contributed by atoms with Crippen LogP contribution in [0.25, 0.3) is 17.1 Å². The van der Waals surface area contributed by atoms with E-state index in [-0.39, 0.29) is 11.7 Å². The molecule has 4 aromatic rings. The molecule has 31 heavy (non-hydrogen) atoms. The number of thioether (sulfide) groups is 1. The summed E-state index contributed by atoms with van der Waals surface area (Å²) in [5.74, 6) is 0.486. The average molecular weight is 491 g/mol. The first-order chi connectivity index (χ1) is 15.0. The first-order valence-electron chi connectivity index (χ1n) is 9.01. The van der Waals surface area contributed by atoms with Gasteiger partial charge < -0.3 is 5.32 Å². The Labute approximate surface area is 197 Å². The van der Waals surface area contributed by atoms with Gasteiger partial charge in [-0.05, 0) is 36.4 Å². The summed E-state index contributed by atoms with van der Waals surface area (Å²) in [4.78, 5) is 16.6. The molecule has 0 atom stereocenters. The topological polar surface area (TPSA) is 72.7 Å². The van der Waals surface area contributed by atoms with Crippen molar-refractivity contribution in [3.63, 3.8) is 0 Å². The van der Waals surface area contributed by atoms with Gasteiger partial charge in [0, 0.05) is 23.6 Å². The van der Waals surface area contributed by atoms with Crippen molar-refractivity contribution in [2.24, 2.45) is 0 Å². The number of nitrogens with one attached hydrogen (secondary N) is 1. The van der Waals surface area contributed by atoms with Gasteiger partial charge in [-0.1, -0.05) is 64.8 Å². The summed E-state index contributed by atoms with van der Waals surface area (Å²) in [5.41, 5.74) is 2.14. The summed E-state index contributed by atoms with van der Waals surface area (Å²) >= 11 is 19.4. The summed E-state index contributed by atoms with van der Waals surface area (Å²) in [6.07, 6.45) is 3.39. The molecular weight excluding hydrogens is 477 g/mol. The van der Waals surface area contributed by atoms with Crippen molar-refractivity contribution < 1.29 is 4.79 Å². The summed E-state index contributed by atoms with van der Waals surface area (Å²) in [5, 5.41) is 12.9. The Morgan fingerprint density at radius 3 is 2.39 bits per heavy atom. The van der Waals surface area contributed by atoms with Crippen molar-refractivity contribution >= 4 is 58.2 Å². The molecule has 0 saturated carbocycles. The first kappa shape index (κ1) is 21.6. The van der Waals surface area contributed by atoms with Crippen LogP contribution in [0.5, 0.6) is 0 Å². The standard InChI is InChI=1S/C21H14Cl3N5OS/c22-15-10-17(24)18(11-16(15)23)26-19(30)12-31-21-28-27-20(13-6-8-25-9-7-13)29(21)14-4-2-1-3-5-14/h1-11H,12H2,(H,26,30). The molecule has 1 N–H and O–H groups in total. The average Bonchev–Trinajstić information content (AvgIpc) is 3.21. The fourth-order valence-electron chi connectivity index (χ4n) is 2.80. The number of hydrogen-bond donors (Lipinski definition) is 1. The van der Waals surface area contributed by atoms with Crippen LogP contribution in [0.3, 0.4) is 0 Å². The Hall–Kier alpha value is -2.58. The van der Waals surface area contributed by atoms with E-state index in [1.54, 1.807) is 12.4 Å². The van der Waals surface area contributed by atoms with E-state index in [0.29, 0.717) is 31.7 Å². The number of anilines is 1. The second-order valence-corrected chi connectivity index (χ2v) is 8.46. The number of halogens is 3. The highest BCUT2D eigenvalue weighted by Gasteiger charge is 2.18. The van der Waals surface area contributed by atoms with E-state index in [0.717, 1.165) is 11.3 Å². The van der Waals surface area contributed by atoms with Gasteiger partial charge in [0.15, 0.2) is 11.0 Å². The number of benzene rings is 2. The molecule has 0 aliphatic heterocycles. The van der Waals surface area contributed by atoms with E-state index in [1.807, 2.05) is 47.0 Å². The van der Waals surface area contributed by atoms with Gasteiger partial charge >= 0.3 is 0 Å². The lowest BCUT2D eigenvalue weighted by atomic mass is 10.2. The monoisotopic (exact) mass is 489 g/mol. The Balaban J connectivity index is 1.57. The Morgan fingerprint density at radius 2 is 1.65 bits per heavy atom. The quantitative estimate of drug-likeness (QED) is 0.264. The minimum absolute atomic E-state index is 0.0951. The molecule has 156 valence electrons. The van der Waals surface area contributed by atoms with Crippen LogP contribution in [-0.4, -0.2) is 31.4 Å². The third kappa shape index (κ3) is 5.02. The minimum Gasteiger partial charge on any atom is -0.324 e. The molecule has 0 bridgehead atoms. The number of amides is 1. The van der Waals surface area contributed by atoms with Gasteiger partial charge in [-0.15, -0.1) is 10.2 Å². The predicted octanol–water partition coefficient (Wildman–Crippen LogP) is 6.02. The SMILES string of the molecule is O=C(CSc1nnc(-c2ccncc2)n1-c1ccccc1)Nc1cc(Cl)c(Cl)cc1Cl. The number of aromatic nitrogens is 4.